The maximum atomic E-state index is 12.6. The molecule has 1 amide bonds. The Morgan fingerprint density at radius 1 is 1.29 bits per heavy atom. The number of benzene rings is 1. The highest BCUT2D eigenvalue weighted by molar-refractivity contribution is 5.83. The van der Waals surface area contributed by atoms with Crippen LogP contribution in [0.1, 0.15) is 28.4 Å². The maximum Gasteiger partial charge on any atom is 0.244 e. The predicted octanol–water partition coefficient (Wildman–Crippen LogP) is 1.97. The van der Waals surface area contributed by atoms with Crippen LogP contribution in [0.15, 0.2) is 42.6 Å². The van der Waals surface area contributed by atoms with Gasteiger partial charge in [0.25, 0.3) is 0 Å². The van der Waals surface area contributed by atoms with E-state index in [-0.39, 0.29) is 5.91 Å². The largest absolute Gasteiger partial charge is 0.336 e. The highest BCUT2D eigenvalue weighted by Crippen LogP contribution is 2.20. The minimum Gasteiger partial charge on any atom is -0.336 e. The number of fused-ring (bicyclic) bond motifs is 1. The minimum atomic E-state index is -0.594. The third-order valence-electron chi connectivity index (χ3n) is 3.98. The Kier molecular flexibility index (Phi) is 3.71. The third-order valence-corrected chi connectivity index (χ3v) is 3.98. The molecule has 0 bridgehead atoms. The van der Waals surface area contributed by atoms with Crippen molar-refractivity contribution in [3.63, 3.8) is 0 Å². The van der Waals surface area contributed by atoms with Crippen LogP contribution in [0.2, 0.25) is 0 Å². The maximum absolute atomic E-state index is 12.6. The molecule has 1 aliphatic rings. The van der Waals surface area contributed by atoms with Crippen molar-refractivity contribution in [1.82, 2.24) is 9.88 Å². The lowest BCUT2D eigenvalue weighted by molar-refractivity contribution is -0.133. The van der Waals surface area contributed by atoms with Crippen molar-refractivity contribution in [1.29, 1.82) is 0 Å². The molecule has 4 heteroatoms. The molecule has 21 heavy (non-hydrogen) atoms. The van der Waals surface area contributed by atoms with Crippen LogP contribution in [-0.4, -0.2) is 22.3 Å². The Bertz CT molecular complexity index is 651. The van der Waals surface area contributed by atoms with E-state index >= 15 is 0 Å². The molecule has 1 aliphatic heterocycles. The van der Waals surface area contributed by atoms with Crippen LogP contribution in [-0.2, 0) is 17.8 Å². The van der Waals surface area contributed by atoms with Crippen LogP contribution in [0, 0.1) is 6.92 Å². The zero-order valence-electron chi connectivity index (χ0n) is 12.1. The minimum absolute atomic E-state index is 0.0200. The van der Waals surface area contributed by atoms with Gasteiger partial charge in [0, 0.05) is 31.4 Å². The number of hydrogen-bond donors (Lipinski definition) is 1. The SMILES string of the molecule is Cc1ccc(C(N)C(=O)N2CCc3ncccc3C2)cc1. The van der Waals surface area contributed by atoms with Gasteiger partial charge in [0.05, 0.1) is 0 Å². The normalized spacial score (nSPS) is 15.4. The number of aryl methyl sites for hydroxylation is 1. The van der Waals surface area contributed by atoms with Crippen molar-refractivity contribution in [2.75, 3.05) is 6.54 Å². The van der Waals surface area contributed by atoms with Gasteiger partial charge in [0.2, 0.25) is 5.91 Å². The van der Waals surface area contributed by atoms with Crippen LogP contribution >= 0.6 is 0 Å². The quantitative estimate of drug-likeness (QED) is 0.915. The van der Waals surface area contributed by atoms with Crippen molar-refractivity contribution in [2.45, 2.75) is 25.9 Å². The first-order chi connectivity index (χ1) is 10.1. The van der Waals surface area contributed by atoms with Crippen molar-refractivity contribution >= 4 is 5.91 Å². The van der Waals surface area contributed by atoms with Crippen molar-refractivity contribution in [2.24, 2.45) is 5.73 Å². The predicted molar refractivity (Wildman–Crippen MR) is 81.5 cm³/mol. The average molecular weight is 281 g/mol. The number of pyridine rings is 1. The van der Waals surface area contributed by atoms with Gasteiger partial charge in [-0.1, -0.05) is 35.9 Å². The Labute approximate surface area is 124 Å². The molecule has 2 heterocycles. The van der Waals surface area contributed by atoms with E-state index in [1.54, 1.807) is 6.20 Å². The molecule has 4 nitrogen and oxygen atoms in total. The monoisotopic (exact) mass is 281 g/mol. The smallest absolute Gasteiger partial charge is 0.244 e. The number of amides is 1. The molecule has 1 aromatic heterocycles. The van der Waals surface area contributed by atoms with Crippen LogP contribution in [0.25, 0.3) is 0 Å². The Balaban J connectivity index is 1.75. The van der Waals surface area contributed by atoms with Crippen molar-refractivity contribution in [3.8, 4) is 0 Å². The Morgan fingerprint density at radius 3 is 2.81 bits per heavy atom. The summed E-state index contributed by atoms with van der Waals surface area (Å²) in [5.74, 6) is -0.0200. The number of rotatable bonds is 2. The van der Waals surface area contributed by atoms with Crippen molar-refractivity contribution < 1.29 is 4.79 Å². The molecule has 0 saturated carbocycles. The van der Waals surface area contributed by atoms with E-state index < -0.39 is 6.04 Å². The van der Waals surface area contributed by atoms with Gasteiger partial charge in [0.15, 0.2) is 0 Å². The van der Waals surface area contributed by atoms with E-state index in [0.29, 0.717) is 13.1 Å². The second-order valence-corrected chi connectivity index (χ2v) is 5.51. The van der Waals surface area contributed by atoms with Gasteiger partial charge in [-0.05, 0) is 24.1 Å². The number of aromatic nitrogens is 1. The molecule has 3 rings (SSSR count). The number of carbonyl (C=O) groups excluding carboxylic acids is 1. The van der Waals surface area contributed by atoms with E-state index in [0.717, 1.165) is 28.8 Å². The van der Waals surface area contributed by atoms with E-state index in [9.17, 15) is 4.79 Å². The summed E-state index contributed by atoms with van der Waals surface area (Å²) in [6.45, 7) is 3.30. The van der Waals surface area contributed by atoms with Gasteiger partial charge < -0.3 is 10.6 Å². The summed E-state index contributed by atoms with van der Waals surface area (Å²) >= 11 is 0. The molecule has 1 atom stereocenters. The van der Waals surface area contributed by atoms with Crippen LogP contribution in [0.3, 0.4) is 0 Å². The molecular formula is C17H19N3O. The summed E-state index contributed by atoms with van der Waals surface area (Å²) in [6.07, 6.45) is 2.59. The summed E-state index contributed by atoms with van der Waals surface area (Å²) in [4.78, 5) is 18.8. The Hall–Kier alpha value is -2.20. The number of nitrogens with zero attached hydrogens (tertiary/aromatic N) is 2. The first kappa shape index (κ1) is 13.8. The second-order valence-electron chi connectivity index (χ2n) is 5.51. The molecule has 0 aliphatic carbocycles. The fraction of sp³-hybridized carbons (Fsp3) is 0.294. The molecule has 0 fully saturated rings. The Morgan fingerprint density at radius 2 is 2.05 bits per heavy atom. The van der Waals surface area contributed by atoms with Crippen LogP contribution in [0.5, 0.6) is 0 Å². The molecule has 2 aromatic rings. The molecule has 0 saturated heterocycles. The molecule has 0 radical (unpaired) electrons. The summed E-state index contributed by atoms with van der Waals surface area (Å²) in [6, 6.07) is 11.2. The van der Waals surface area contributed by atoms with Crippen molar-refractivity contribution in [3.05, 3.63) is 65.0 Å². The van der Waals surface area contributed by atoms with E-state index in [1.165, 1.54) is 0 Å². The fourth-order valence-corrected chi connectivity index (χ4v) is 2.67. The van der Waals surface area contributed by atoms with E-state index in [4.69, 9.17) is 5.73 Å². The van der Waals surface area contributed by atoms with Gasteiger partial charge >= 0.3 is 0 Å². The molecule has 0 spiro atoms. The van der Waals surface area contributed by atoms with Gasteiger partial charge in [-0.25, -0.2) is 0 Å². The highest BCUT2D eigenvalue weighted by Gasteiger charge is 2.26. The summed E-state index contributed by atoms with van der Waals surface area (Å²) < 4.78 is 0. The van der Waals surface area contributed by atoms with E-state index in [2.05, 4.69) is 4.98 Å². The van der Waals surface area contributed by atoms with Gasteiger partial charge in [-0.15, -0.1) is 0 Å². The number of carbonyl (C=O) groups is 1. The topological polar surface area (TPSA) is 59.2 Å². The summed E-state index contributed by atoms with van der Waals surface area (Å²) in [5.41, 5.74) is 10.4. The number of hydrogen-bond acceptors (Lipinski definition) is 3. The summed E-state index contributed by atoms with van der Waals surface area (Å²) in [5, 5.41) is 0. The third kappa shape index (κ3) is 2.81. The van der Waals surface area contributed by atoms with Gasteiger partial charge in [-0.2, -0.15) is 0 Å². The van der Waals surface area contributed by atoms with Crippen LogP contribution in [0.4, 0.5) is 0 Å². The molecular weight excluding hydrogens is 262 g/mol. The van der Waals surface area contributed by atoms with Crippen LogP contribution < -0.4 is 5.73 Å². The average Bonchev–Trinajstić information content (AvgIpc) is 2.54. The molecule has 1 unspecified atom stereocenters. The lowest BCUT2D eigenvalue weighted by Crippen LogP contribution is -2.41. The molecule has 1 aromatic carbocycles. The lowest BCUT2D eigenvalue weighted by atomic mass is 10.0. The fourth-order valence-electron chi connectivity index (χ4n) is 2.67. The van der Waals surface area contributed by atoms with Gasteiger partial charge in [0.1, 0.15) is 6.04 Å². The zero-order chi connectivity index (χ0) is 14.8. The first-order valence-electron chi connectivity index (χ1n) is 7.19. The number of nitrogens with two attached hydrogens (primary N) is 1. The summed E-state index contributed by atoms with van der Waals surface area (Å²) in [7, 11) is 0. The lowest BCUT2D eigenvalue weighted by Gasteiger charge is -2.30. The first-order valence-corrected chi connectivity index (χ1v) is 7.19. The van der Waals surface area contributed by atoms with E-state index in [1.807, 2.05) is 48.2 Å². The zero-order valence-corrected chi connectivity index (χ0v) is 12.1. The highest BCUT2D eigenvalue weighted by atomic mass is 16.2. The molecule has 2 N–H and O–H groups in total. The standard InChI is InChI=1S/C17H19N3O/c1-12-4-6-13(7-5-12)16(18)17(21)20-10-8-15-14(11-20)3-2-9-19-15/h2-7,9,16H,8,10-11,18H2,1H3. The second kappa shape index (κ2) is 5.66. The van der Waals surface area contributed by atoms with Gasteiger partial charge in [-0.3, -0.25) is 9.78 Å². The molecule has 108 valence electrons.